The van der Waals surface area contributed by atoms with Gasteiger partial charge in [0.05, 0.1) is 13.0 Å². The fourth-order valence-electron chi connectivity index (χ4n) is 1.32. The summed E-state index contributed by atoms with van der Waals surface area (Å²) in [5.74, 6) is -0.00162. The van der Waals surface area contributed by atoms with Crippen LogP contribution in [0.1, 0.15) is 39.0 Å². The molecule has 0 spiro atoms. The zero-order valence-corrected chi connectivity index (χ0v) is 8.71. The highest BCUT2D eigenvalue weighted by Crippen LogP contribution is 2.16. The number of ether oxygens (including phenoxy) is 1. The van der Waals surface area contributed by atoms with E-state index in [2.05, 4.69) is 13.5 Å². The van der Waals surface area contributed by atoms with E-state index in [1.54, 1.807) is 0 Å². The maximum absolute atomic E-state index is 11.3. The third-order valence-corrected chi connectivity index (χ3v) is 2.16. The molecule has 76 valence electrons. The molecule has 0 bridgehead atoms. The molecule has 0 aromatic carbocycles. The number of carbonyl (C=O) groups excluding carboxylic acids is 1. The Morgan fingerprint density at radius 1 is 1.54 bits per heavy atom. The van der Waals surface area contributed by atoms with Crippen LogP contribution in [0.15, 0.2) is 12.7 Å². The van der Waals surface area contributed by atoms with Crippen molar-refractivity contribution in [1.29, 1.82) is 0 Å². The quantitative estimate of drug-likeness (QED) is 0.449. The predicted molar refractivity (Wildman–Crippen MR) is 54.5 cm³/mol. The van der Waals surface area contributed by atoms with Crippen molar-refractivity contribution in [3.05, 3.63) is 12.7 Å². The molecule has 0 amide bonds. The lowest BCUT2D eigenvalue weighted by Crippen LogP contribution is -2.15. The molecule has 2 nitrogen and oxygen atoms in total. The fourth-order valence-corrected chi connectivity index (χ4v) is 1.32. The van der Waals surface area contributed by atoms with Crippen LogP contribution in [0.4, 0.5) is 0 Å². The van der Waals surface area contributed by atoms with Crippen LogP contribution in [0.5, 0.6) is 0 Å². The normalized spacial score (nSPS) is 12.2. The predicted octanol–water partition coefficient (Wildman–Crippen LogP) is 2.93. The van der Waals surface area contributed by atoms with E-state index in [0.29, 0.717) is 0 Å². The number of carbonyl (C=O) groups is 1. The molecular weight excluding hydrogens is 164 g/mol. The van der Waals surface area contributed by atoms with Crippen LogP contribution < -0.4 is 0 Å². The molecule has 0 radical (unpaired) electrons. The fraction of sp³-hybridized carbons (Fsp3) is 0.727. The Morgan fingerprint density at radius 3 is 2.69 bits per heavy atom. The van der Waals surface area contributed by atoms with Crippen LogP contribution in [-0.2, 0) is 9.53 Å². The molecule has 0 saturated carbocycles. The number of methoxy groups -OCH3 is 1. The average Bonchev–Trinajstić information content (AvgIpc) is 2.17. The van der Waals surface area contributed by atoms with Gasteiger partial charge < -0.3 is 4.74 Å². The second-order valence-corrected chi connectivity index (χ2v) is 3.23. The number of esters is 1. The molecule has 0 N–H and O–H groups in total. The zero-order chi connectivity index (χ0) is 10.1. The summed E-state index contributed by atoms with van der Waals surface area (Å²) in [5.41, 5.74) is 0. The van der Waals surface area contributed by atoms with Gasteiger partial charge in [-0.25, -0.2) is 0 Å². The van der Waals surface area contributed by atoms with Gasteiger partial charge in [-0.05, 0) is 19.3 Å². The van der Waals surface area contributed by atoms with E-state index in [0.717, 1.165) is 32.1 Å². The monoisotopic (exact) mass is 184 g/mol. The molecule has 0 aliphatic heterocycles. The van der Waals surface area contributed by atoms with Gasteiger partial charge in [-0.15, -0.1) is 6.58 Å². The van der Waals surface area contributed by atoms with Gasteiger partial charge in [0.25, 0.3) is 0 Å². The SMILES string of the molecule is C=CCCC(CCCC)C(=O)OC. The van der Waals surface area contributed by atoms with Gasteiger partial charge in [-0.2, -0.15) is 0 Å². The minimum absolute atomic E-state index is 0.0722. The summed E-state index contributed by atoms with van der Waals surface area (Å²) in [6.07, 6.45) is 6.77. The van der Waals surface area contributed by atoms with E-state index in [9.17, 15) is 4.79 Å². The van der Waals surface area contributed by atoms with Gasteiger partial charge in [-0.1, -0.05) is 25.8 Å². The molecule has 0 heterocycles. The second kappa shape index (κ2) is 7.84. The van der Waals surface area contributed by atoms with Crippen LogP contribution in [0, 0.1) is 5.92 Å². The molecule has 1 unspecified atom stereocenters. The lowest BCUT2D eigenvalue weighted by Gasteiger charge is -2.12. The number of hydrogen-bond acceptors (Lipinski definition) is 2. The van der Waals surface area contributed by atoms with Crippen molar-refractivity contribution in [1.82, 2.24) is 0 Å². The summed E-state index contributed by atoms with van der Waals surface area (Å²) in [6, 6.07) is 0. The maximum Gasteiger partial charge on any atom is 0.308 e. The largest absolute Gasteiger partial charge is 0.469 e. The first-order valence-corrected chi connectivity index (χ1v) is 4.95. The second-order valence-electron chi connectivity index (χ2n) is 3.23. The molecule has 0 aromatic heterocycles. The Kier molecular flexibility index (Phi) is 7.36. The molecule has 1 atom stereocenters. The lowest BCUT2D eigenvalue weighted by atomic mass is 9.97. The third kappa shape index (κ3) is 5.45. The Bertz CT molecular complexity index is 152. The van der Waals surface area contributed by atoms with Crippen molar-refractivity contribution in [2.75, 3.05) is 7.11 Å². The first-order chi connectivity index (χ1) is 6.26. The van der Waals surface area contributed by atoms with Gasteiger partial charge in [0.2, 0.25) is 0 Å². The average molecular weight is 184 g/mol. The van der Waals surface area contributed by atoms with E-state index in [4.69, 9.17) is 4.74 Å². The van der Waals surface area contributed by atoms with Crippen LogP contribution in [0.2, 0.25) is 0 Å². The lowest BCUT2D eigenvalue weighted by molar-refractivity contribution is -0.145. The summed E-state index contributed by atoms with van der Waals surface area (Å²) >= 11 is 0. The first kappa shape index (κ1) is 12.2. The maximum atomic E-state index is 11.3. The highest BCUT2D eigenvalue weighted by Gasteiger charge is 2.16. The van der Waals surface area contributed by atoms with E-state index in [-0.39, 0.29) is 11.9 Å². The number of rotatable bonds is 7. The molecule has 0 aliphatic rings. The number of allylic oxidation sites excluding steroid dienone is 1. The van der Waals surface area contributed by atoms with Crippen LogP contribution in [0.3, 0.4) is 0 Å². The van der Waals surface area contributed by atoms with Crippen molar-refractivity contribution in [2.45, 2.75) is 39.0 Å². The minimum Gasteiger partial charge on any atom is -0.469 e. The van der Waals surface area contributed by atoms with Gasteiger partial charge >= 0.3 is 5.97 Å². The van der Waals surface area contributed by atoms with Crippen molar-refractivity contribution in [3.8, 4) is 0 Å². The molecule has 13 heavy (non-hydrogen) atoms. The van der Waals surface area contributed by atoms with Gasteiger partial charge in [-0.3, -0.25) is 4.79 Å². The summed E-state index contributed by atoms with van der Waals surface area (Å²) in [5, 5.41) is 0. The molecular formula is C11H20O2. The van der Waals surface area contributed by atoms with Crippen LogP contribution in [-0.4, -0.2) is 13.1 Å². The van der Waals surface area contributed by atoms with Crippen molar-refractivity contribution in [3.63, 3.8) is 0 Å². The zero-order valence-electron chi connectivity index (χ0n) is 8.71. The smallest absolute Gasteiger partial charge is 0.308 e. The van der Waals surface area contributed by atoms with E-state index >= 15 is 0 Å². The molecule has 0 fully saturated rings. The van der Waals surface area contributed by atoms with Crippen LogP contribution in [0.25, 0.3) is 0 Å². The van der Waals surface area contributed by atoms with Crippen molar-refractivity contribution >= 4 is 5.97 Å². The van der Waals surface area contributed by atoms with Gasteiger partial charge in [0.15, 0.2) is 0 Å². The molecule has 0 saturated heterocycles. The minimum atomic E-state index is -0.0738. The summed E-state index contributed by atoms with van der Waals surface area (Å²) < 4.78 is 4.73. The molecule has 0 aromatic rings. The Morgan fingerprint density at radius 2 is 2.23 bits per heavy atom. The highest BCUT2D eigenvalue weighted by atomic mass is 16.5. The Balaban J connectivity index is 3.86. The van der Waals surface area contributed by atoms with E-state index in [1.165, 1.54) is 7.11 Å². The molecule has 0 aliphatic carbocycles. The first-order valence-electron chi connectivity index (χ1n) is 4.95. The van der Waals surface area contributed by atoms with E-state index in [1.807, 2.05) is 6.08 Å². The van der Waals surface area contributed by atoms with E-state index < -0.39 is 0 Å². The highest BCUT2D eigenvalue weighted by molar-refractivity contribution is 5.72. The molecule has 0 rings (SSSR count). The summed E-state index contributed by atoms with van der Waals surface area (Å²) in [6.45, 7) is 5.77. The van der Waals surface area contributed by atoms with Crippen molar-refractivity contribution < 1.29 is 9.53 Å². The number of hydrogen-bond donors (Lipinski definition) is 0. The van der Waals surface area contributed by atoms with Gasteiger partial charge in [0, 0.05) is 0 Å². The standard InChI is InChI=1S/C11H20O2/c1-4-6-8-10(9-7-5-2)11(12)13-3/h4,10H,1,5-9H2,2-3H3. The van der Waals surface area contributed by atoms with Crippen LogP contribution >= 0.6 is 0 Å². The summed E-state index contributed by atoms with van der Waals surface area (Å²) in [7, 11) is 1.45. The Labute approximate surface area is 81.0 Å². The Hall–Kier alpha value is -0.790. The van der Waals surface area contributed by atoms with Gasteiger partial charge in [0.1, 0.15) is 0 Å². The summed E-state index contributed by atoms with van der Waals surface area (Å²) in [4.78, 5) is 11.3. The number of unbranched alkanes of at least 4 members (excludes halogenated alkanes) is 1. The third-order valence-electron chi connectivity index (χ3n) is 2.16. The molecule has 2 heteroatoms. The van der Waals surface area contributed by atoms with Crippen molar-refractivity contribution in [2.24, 2.45) is 5.92 Å². The topological polar surface area (TPSA) is 26.3 Å².